The first kappa shape index (κ1) is 21.2. The molecule has 5 nitrogen and oxygen atoms in total. The molecular weight excluding hydrogens is 428 g/mol. The molecule has 0 fully saturated rings. The molecule has 0 aliphatic carbocycles. The number of nitrogens with one attached hydrogen (secondary N) is 2. The zero-order valence-electron chi connectivity index (χ0n) is 15.5. The van der Waals surface area contributed by atoms with Gasteiger partial charge in [0, 0.05) is 21.3 Å². The van der Waals surface area contributed by atoms with Crippen molar-refractivity contribution >= 4 is 50.7 Å². The normalized spacial score (nSPS) is 12.2. The Bertz CT molecular complexity index is 1070. The van der Waals surface area contributed by atoms with Gasteiger partial charge in [-0.05, 0) is 67.6 Å². The Hall–Kier alpha value is -2.48. The first-order chi connectivity index (χ1) is 13.8. The Morgan fingerprint density at radius 2 is 1.48 bits per heavy atom. The fourth-order valence-electron chi connectivity index (χ4n) is 2.45. The fourth-order valence-corrected chi connectivity index (χ4v) is 4.52. The molecule has 0 spiro atoms. The lowest BCUT2D eigenvalue weighted by Gasteiger charge is -2.13. The van der Waals surface area contributed by atoms with E-state index >= 15 is 0 Å². The summed E-state index contributed by atoms with van der Waals surface area (Å²) in [5.74, 6) is -0.133. The molecule has 0 aliphatic heterocycles. The number of sulfonamides is 1. The van der Waals surface area contributed by atoms with E-state index in [9.17, 15) is 13.2 Å². The van der Waals surface area contributed by atoms with Gasteiger partial charge in [-0.1, -0.05) is 29.8 Å². The predicted molar refractivity (Wildman–Crippen MR) is 119 cm³/mol. The highest BCUT2D eigenvalue weighted by molar-refractivity contribution is 8.00. The number of carbonyl (C=O) groups excluding carboxylic acids is 1. The maximum absolute atomic E-state index is 12.4. The first-order valence-electron chi connectivity index (χ1n) is 8.74. The molecule has 0 bridgehead atoms. The van der Waals surface area contributed by atoms with Crippen molar-refractivity contribution in [2.45, 2.75) is 22.0 Å². The molecule has 8 heteroatoms. The summed E-state index contributed by atoms with van der Waals surface area (Å²) in [6.07, 6.45) is 0. The largest absolute Gasteiger partial charge is 0.325 e. The maximum Gasteiger partial charge on any atom is 0.261 e. The average Bonchev–Trinajstić information content (AvgIpc) is 2.71. The molecule has 1 amide bonds. The van der Waals surface area contributed by atoms with Gasteiger partial charge >= 0.3 is 0 Å². The number of carbonyl (C=O) groups is 1. The van der Waals surface area contributed by atoms with Crippen molar-refractivity contribution in [3.05, 3.63) is 83.9 Å². The number of rotatable bonds is 7. The van der Waals surface area contributed by atoms with Crippen LogP contribution in [0, 0.1) is 0 Å². The molecular formula is C21H19ClN2O3S2. The lowest BCUT2D eigenvalue weighted by Crippen LogP contribution is -2.22. The second-order valence-corrected chi connectivity index (χ2v) is 9.73. The number of anilines is 2. The second-order valence-electron chi connectivity index (χ2n) is 6.20. The Kier molecular flexibility index (Phi) is 6.84. The van der Waals surface area contributed by atoms with Crippen LogP contribution in [-0.2, 0) is 14.8 Å². The van der Waals surface area contributed by atoms with Crippen LogP contribution in [0.2, 0.25) is 5.02 Å². The van der Waals surface area contributed by atoms with Crippen LogP contribution in [0.3, 0.4) is 0 Å². The molecule has 3 aromatic carbocycles. The van der Waals surface area contributed by atoms with Crippen molar-refractivity contribution in [1.82, 2.24) is 0 Å². The van der Waals surface area contributed by atoms with E-state index in [4.69, 9.17) is 11.6 Å². The molecule has 3 rings (SSSR count). The van der Waals surface area contributed by atoms with Crippen molar-refractivity contribution in [2.24, 2.45) is 0 Å². The number of hydrogen-bond acceptors (Lipinski definition) is 4. The van der Waals surface area contributed by atoms with Crippen LogP contribution in [0.15, 0.2) is 88.7 Å². The van der Waals surface area contributed by atoms with Crippen molar-refractivity contribution in [3.8, 4) is 0 Å². The predicted octanol–water partition coefficient (Wildman–Crippen LogP) is 5.26. The van der Waals surface area contributed by atoms with E-state index in [2.05, 4.69) is 10.0 Å². The Labute approximate surface area is 179 Å². The molecule has 0 radical (unpaired) electrons. The number of thioether (sulfide) groups is 1. The summed E-state index contributed by atoms with van der Waals surface area (Å²) in [6, 6.07) is 22.0. The van der Waals surface area contributed by atoms with Crippen molar-refractivity contribution < 1.29 is 13.2 Å². The summed E-state index contributed by atoms with van der Waals surface area (Å²) in [5.41, 5.74) is 1.13. The van der Waals surface area contributed by atoms with E-state index in [1.807, 2.05) is 6.92 Å². The lowest BCUT2D eigenvalue weighted by molar-refractivity contribution is -0.115. The zero-order chi connectivity index (χ0) is 20.9. The second kappa shape index (κ2) is 9.35. The van der Waals surface area contributed by atoms with Crippen LogP contribution in [-0.4, -0.2) is 19.6 Å². The molecule has 2 N–H and O–H groups in total. The molecule has 0 saturated carbocycles. The van der Waals surface area contributed by atoms with Gasteiger partial charge in [0.05, 0.1) is 10.1 Å². The van der Waals surface area contributed by atoms with Crippen LogP contribution in [0.5, 0.6) is 0 Å². The minimum Gasteiger partial charge on any atom is -0.325 e. The topological polar surface area (TPSA) is 75.3 Å². The summed E-state index contributed by atoms with van der Waals surface area (Å²) < 4.78 is 27.3. The van der Waals surface area contributed by atoms with Gasteiger partial charge in [0.15, 0.2) is 0 Å². The maximum atomic E-state index is 12.4. The van der Waals surface area contributed by atoms with Gasteiger partial charge in [-0.3, -0.25) is 9.52 Å². The van der Waals surface area contributed by atoms with Gasteiger partial charge in [-0.25, -0.2) is 8.42 Å². The minimum absolute atomic E-state index is 0.133. The molecule has 0 saturated heterocycles. The van der Waals surface area contributed by atoms with Crippen LogP contribution < -0.4 is 10.0 Å². The highest BCUT2D eigenvalue weighted by Gasteiger charge is 2.16. The third kappa shape index (κ3) is 6.00. The number of halogens is 1. The van der Waals surface area contributed by atoms with E-state index in [0.717, 1.165) is 4.90 Å². The van der Waals surface area contributed by atoms with Gasteiger partial charge in [0.1, 0.15) is 0 Å². The zero-order valence-corrected chi connectivity index (χ0v) is 17.9. The molecule has 0 heterocycles. The first-order valence-corrected chi connectivity index (χ1v) is 11.5. The third-order valence-electron chi connectivity index (χ3n) is 3.95. The smallest absolute Gasteiger partial charge is 0.261 e. The molecule has 29 heavy (non-hydrogen) atoms. The van der Waals surface area contributed by atoms with Gasteiger partial charge in [-0.2, -0.15) is 0 Å². The fraction of sp³-hybridized carbons (Fsp3) is 0.0952. The van der Waals surface area contributed by atoms with Crippen LogP contribution in [0.4, 0.5) is 11.4 Å². The summed E-state index contributed by atoms with van der Waals surface area (Å²) in [4.78, 5) is 13.4. The van der Waals surface area contributed by atoms with Gasteiger partial charge in [-0.15, -0.1) is 11.8 Å². The van der Waals surface area contributed by atoms with E-state index in [1.54, 1.807) is 66.7 Å². The molecule has 3 aromatic rings. The number of amides is 1. The molecule has 1 atom stereocenters. The van der Waals surface area contributed by atoms with Gasteiger partial charge in [0.2, 0.25) is 5.91 Å². The molecule has 1 unspecified atom stereocenters. The summed E-state index contributed by atoms with van der Waals surface area (Å²) >= 11 is 7.23. The van der Waals surface area contributed by atoms with Crippen LogP contribution in [0.1, 0.15) is 6.92 Å². The Morgan fingerprint density at radius 1 is 0.897 bits per heavy atom. The lowest BCUT2D eigenvalue weighted by atomic mass is 10.3. The van der Waals surface area contributed by atoms with Gasteiger partial charge < -0.3 is 5.32 Å². The van der Waals surface area contributed by atoms with Crippen molar-refractivity contribution in [1.29, 1.82) is 0 Å². The molecule has 0 aliphatic rings. The number of hydrogen-bond donors (Lipinski definition) is 2. The summed E-state index contributed by atoms with van der Waals surface area (Å²) in [5, 5.41) is 3.11. The third-order valence-corrected chi connectivity index (χ3v) is 6.72. The average molecular weight is 447 g/mol. The van der Waals surface area contributed by atoms with Crippen LogP contribution >= 0.6 is 23.4 Å². The summed E-state index contributed by atoms with van der Waals surface area (Å²) in [6.45, 7) is 1.81. The van der Waals surface area contributed by atoms with Gasteiger partial charge in [0.25, 0.3) is 10.0 Å². The molecule has 150 valence electrons. The molecule has 0 aromatic heterocycles. The minimum atomic E-state index is -3.63. The van der Waals surface area contributed by atoms with E-state index in [1.165, 1.54) is 23.9 Å². The van der Waals surface area contributed by atoms with Crippen LogP contribution in [0.25, 0.3) is 0 Å². The van der Waals surface area contributed by atoms with E-state index < -0.39 is 10.0 Å². The SMILES string of the molecule is CC(Sc1ccc(NS(=O)(=O)c2ccccc2)cc1)C(=O)Nc1ccc(Cl)cc1. The van der Waals surface area contributed by atoms with Crippen molar-refractivity contribution in [3.63, 3.8) is 0 Å². The number of benzene rings is 3. The van der Waals surface area contributed by atoms with Crippen molar-refractivity contribution in [2.75, 3.05) is 10.0 Å². The Balaban J connectivity index is 1.59. The monoisotopic (exact) mass is 446 g/mol. The standard InChI is InChI=1S/C21H19ClN2O3S2/c1-15(21(25)23-17-9-7-16(22)8-10-17)28-19-13-11-18(12-14-19)24-29(26,27)20-5-3-2-4-6-20/h2-15,24H,1H3,(H,23,25). The summed E-state index contributed by atoms with van der Waals surface area (Å²) in [7, 11) is -3.63. The van der Waals surface area contributed by atoms with E-state index in [0.29, 0.717) is 16.4 Å². The quantitative estimate of drug-likeness (QED) is 0.485. The highest BCUT2D eigenvalue weighted by atomic mass is 35.5. The van der Waals surface area contributed by atoms with E-state index in [-0.39, 0.29) is 16.1 Å². The Morgan fingerprint density at radius 3 is 2.10 bits per heavy atom. The highest BCUT2D eigenvalue weighted by Crippen LogP contribution is 2.26.